The number of nitrogens with one attached hydrogen (secondary N) is 1. The molecule has 176 valence electrons. The molecule has 0 bridgehead atoms. The topological polar surface area (TPSA) is 122 Å². The van der Waals surface area contributed by atoms with E-state index in [-0.39, 0.29) is 49.1 Å². The average Bonchev–Trinajstić information content (AvgIpc) is 3.39. The zero-order valence-electron chi connectivity index (χ0n) is 18.8. The molecule has 4 amide bonds. The van der Waals surface area contributed by atoms with Crippen molar-refractivity contribution < 1.29 is 23.9 Å². The molecule has 0 spiro atoms. The van der Waals surface area contributed by atoms with Crippen molar-refractivity contribution in [2.45, 2.75) is 37.4 Å². The summed E-state index contributed by atoms with van der Waals surface area (Å²) in [6, 6.07) is 11.8. The Morgan fingerprint density at radius 2 is 1.85 bits per heavy atom. The van der Waals surface area contributed by atoms with Crippen LogP contribution in [0.15, 0.2) is 42.5 Å². The van der Waals surface area contributed by atoms with Gasteiger partial charge in [0, 0.05) is 49.1 Å². The van der Waals surface area contributed by atoms with Crippen LogP contribution in [0.3, 0.4) is 0 Å². The van der Waals surface area contributed by atoms with E-state index in [0.29, 0.717) is 29.8 Å². The number of piperidine rings is 1. The third-order valence-electron chi connectivity index (χ3n) is 7.01. The zero-order chi connectivity index (χ0) is 24.0. The number of likely N-dealkylation sites (tertiary alicyclic amines) is 1. The fraction of sp³-hybridized carbons (Fsp3) is 0.360. The van der Waals surface area contributed by atoms with E-state index in [9.17, 15) is 19.2 Å². The molecule has 2 aromatic rings. The molecule has 1 unspecified atom stereocenters. The summed E-state index contributed by atoms with van der Waals surface area (Å²) in [6.45, 7) is 1.04. The summed E-state index contributed by atoms with van der Waals surface area (Å²) in [7, 11) is 1.61. The van der Waals surface area contributed by atoms with Crippen molar-refractivity contribution in [3.8, 4) is 5.75 Å². The third kappa shape index (κ3) is 3.71. The third-order valence-corrected chi connectivity index (χ3v) is 7.01. The van der Waals surface area contributed by atoms with Crippen LogP contribution >= 0.6 is 0 Å². The Hall–Kier alpha value is -3.72. The lowest BCUT2D eigenvalue weighted by atomic mass is 9.95. The number of nitrogens with zero attached hydrogens (tertiary/aromatic N) is 2. The molecule has 34 heavy (non-hydrogen) atoms. The number of benzene rings is 2. The molecule has 2 aromatic carbocycles. The van der Waals surface area contributed by atoms with Gasteiger partial charge >= 0.3 is 0 Å². The highest BCUT2D eigenvalue weighted by Crippen LogP contribution is 2.33. The van der Waals surface area contributed by atoms with Crippen LogP contribution in [0.1, 0.15) is 50.6 Å². The number of ether oxygens (including phenoxy) is 1. The van der Waals surface area contributed by atoms with Crippen LogP contribution in [0.5, 0.6) is 5.75 Å². The number of carbonyl (C=O) groups excluding carboxylic acids is 4. The summed E-state index contributed by atoms with van der Waals surface area (Å²) >= 11 is 0. The number of fused-ring (bicyclic) bond motifs is 1. The minimum atomic E-state index is -0.722. The summed E-state index contributed by atoms with van der Waals surface area (Å²) < 4.78 is 5.22. The fourth-order valence-corrected chi connectivity index (χ4v) is 5.15. The van der Waals surface area contributed by atoms with Gasteiger partial charge in [-0.15, -0.1) is 0 Å². The highest BCUT2D eigenvalue weighted by Gasteiger charge is 2.41. The Kier molecular flexibility index (Phi) is 5.57. The maximum Gasteiger partial charge on any atom is 0.255 e. The molecule has 0 saturated carbocycles. The Morgan fingerprint density at radius 3 is 2.56 bits per heavy atom. The molecule has 5 rings (SSSR count). The number of carbonyl (C=O) groups is 4. The number of hydrogen-bond acceptors (Lipinski definition) is 6. The van der Waals surface area contributed by atoms with Crippen molar-refractivity contribution >= 4 is 23.6 Å². The number of methoxy groups -OCH3 is 1. The van der Waals surface area contributed by atoms with Gasteiger partial charge in [0.1, 0.15) is 11.8 Å². The van der Waals surface area contributed by atoms with Crippen molar-refractivity contribution in [3.63, 3.8) is 0 Å². The van der Waals surface area contributed by atoms with Gasteiger partial charge in [-0.05, 0) is 41.8 Å². The highest BCUT2D eigenvalue weighted by atomic mass is 16.5. The van der Waals surface area contributed by atoms with E-state index < -0.39 is 11.9 Å². The maximum absolute atomic E-state index is 13.5. The quantitative estimate of drug-likeness (QED) is 0.655. The van der Waals surface area contributed by atoms with Gasteiger partial charge in [0.25, 0.3) is 11.8 Å². The summed E-state index contributed by atoms with van der Waals surface area (Å²) in [4.78, 5) is 53.6. The van der Waals surface area contributed by atoms with Gasteiger partial charge in [0.15, 0.2) is 0 Å². The molecule has 3 N–H and O–H groups in total. The monoisotopic (exact) mass is 462 g/mol. The average molecular weight is 463 g/mol. The largest absolute Gasteiger partial charge is 0.497 e. The molecule has 3 heterocycles. The summed E-state index contributed by atoms with van der Waals surface area (Å²) in [6.07, 6.45) is 0.457. The predicted octanol–water partition coefficient (Wildman–Crippen LogP) is 1.02. The first kappa shape index (κ1) is 22.1. The minimum absolute atomic E-state index is 0.00628. The molecular formula is C25H26N4O5. The van der Waals surface area contributed by atoms with Crippen molar-refractivity contribution in [1.82, 2.24) is 15.1 Å². The molecular weight excluding hydrogens is 436 g/mol. The number of nitrogens with two attached hydrogens (primary N) is 1. The fourth-order valence-electron chi connectivity index (χ4n) is 5.15. The Bertz CT molecular complexity index is 1180. The summed E-state index contributed by atoms with van der Waals surface area (Å²) in [5, 5.41) is 2.30. The minimum Gasteiger partial charge on any atom is -0.497 e. The second kappa shape index (κ2) is 8.57. The number of amides is 4. The molecule has 3 atom stereocenters. The number of imide groups is 1. The predicted molar refractivity (Wildman–Crippen MR) is 122 cm³/mol. The van der Waals surface area contributed by atoms with Crippen molar-refractivity contribution in [2.24, 2.45) is 5.73 Å². The van der Waals surface area contributed by atoms with Gasteiger partial charge in [-0.1, -0.05) is 18.2 Å². The number of hydrogen-bond donors (Lipinski definition) is 2. The first-order valence-corrected chi connectivity index (χ1v) is 11.3. The molecule has 9 nitrogen and oxygen atoms in total. The second-order valence-electron chi connectivity index (χ2n) is 8.99. The van der Waals surface area contributed by atoms with E-state index in [2.05, 4.69) is 5.32 Å². The van der Waals surface area contributed by atoms with Crippen LogP contribution in [0.25, 0.3) is 0 Å². The van der Waals surface area contributed by atoms with E-state index in [1.807, 2.05) is 24.3 Å². The van der Waals surface area contributed by atoms with Crippen LogP contribution in [-0.4, -0.2) is 65.7 Å². The van der Waals surface area contributed by atoms with E-state index in [0.717, 1.165) is 11.3 Å². The smallest absolute Gasteiger partial charge is 0.255 e. The lowest BCUT2D eigenvalue weighted by molar-refractivity contribution is -0.136. The van der Waals surface area contributed by atoms with Crippen LogP contribution in [0, 0.1) is 0 Å². The molecule has 2 fully saturated rings. The van der Waals surface area contributed by atoms with Crippen LogP contribution in [-0.2, 0) is 16.1 Å². The summed E-state index contributed by atoms with van der Waals surface area (Å²) in [5.74, 6) is -0.535. The van der Waals surface area contributed by atoms with E-state index in [1.54, 1.807) is 30.2 Å². The SMILES string of the molecule is COc1ccc([C@@H]2CN(C(=O)c3cccc4c3CN(C3CCC(=O)NC3=O)C4=O)C[C@H]2N)cc1. The second-order valence-corrected chi connectivity index (χ2v) is 8.99. The normalized spacial score (nSPS) is 24.3. The molecule has 9 heteroatoms. The Balaban J connectivity index is 1.36. The lowest BCUT2D eigenvalue weighted by Gasteiger charge is -2.29. The molecule has 0 aromatic heterocycles. The van der Waals surface area contributed by atoms with Crippen molar-refractivity contribution in [3.05, 3.63) is 64.7 Å². The Labute approximate surface area is 196 Å². The summed E-state index contributed by atoms with van der Waals surface area (Å²) in [5.41, 5.74) is 8.94. The van der Waals surface area contributed by atoms with E-state index >= 15 is 0 Å². The highest BCUT2D eigenvalue weighted by molar-refractivity contribution is 6.07. The first-order chi connectivity index (χ1) is 16.4. The van der Waals surface area contributed by atoms with Crippen LogP contribution in [0.4, 0.5) is 0 Å². The standard InChI is InChI=1S/C25H26N4O5/c1-34-15-7-5-14(6-8-15)18-11-28(13-20(18)26)24(32)16-3-2-4-17-19(16)12-29(25(17)33)21-9-10-22(30)27-23(21)31/h2-8,18,20-21H,9-13,26H2,1H3,(H,27,30,31)/t18-,20+,21?/m0/s1. The van der Waals surface area contributed by atoms with Crippen LogP contribution < -0.4 is 15.8 Å². The molecule has 3 aliphatic heterocycles. The lowest BCUT2D eigenvalue weighted by Crippen LogP contribution is -2.52. The number of rotatable bonds is 4. The van der Waals surface area contributed by atoms with Gasteiger partial charge in [0.05, 0.1) is 7.11 Å². The molecule has 2 saturated heterocycles. The molecule has 0 radical (unpaired) electrons. The van der Waals surface area contributed by atoms with Gasteiger partial charge in [-0.25, -0.2) is 0 Å². The van der Waals surface area contributed by atoms with Crippen LogP contribution in [0.2, 0.25) is 0 Å². The zero-order valence-corrected chi connectivity index (χ0v) is 18.8. The maximum atomic E-state index is 13.5. The van der Waals surface area contributed by atoms with Crippen molar-refractivity contribution in [2.75, 3.05) is 20.2 Å². The molecule has 0 aliphatic carbocycles. The Morgan fingerprint density at radius 1 is 1.09 bits per heavy atom. The van der Waals surface area contributed by atoms with E-state index in [4.69, 9.17) is 10.5 Å². The van der Waals surface area contributed by atoms with Gasteiger partial charge in [-0.3, -0.25) is 24.5 Å². The van der Waals surface area contributed by atoms with Gasteiger partial charge in [-0.2, -0.15) is 0 Å². The van der Waals surface area contributed by atoms with Gasteiger partial charge in [0.2, 0.25) is 11.8 Å². The van der Waals surface area contributed by atoms with Gasteiger partial charge < -0.3 is 20.3 Å². The van der Waals surface area contributed by atoms with E-state index in [1.165, 1.54) is 4.90 Å². The molecule has 3 aliphatic rings. The first-order valence-electron chi connectivity index (χ1n) is 11.3. The van der Waals surface area contributed by atoms with Crippen molar-refractivity contribution in [1.29, 1.82) is 0 Å².